The topological polar surface area (TPSA) is 12.0 Å². The maximum atomic E-state index is 6.03. The van der Waals surface area contributed by atoms with Crippen LogP contribution in [0.15, 0.2) is 29.6 Å². The minimum absolute atomic E-state index is 0.485. The van der Waals surface area contributed by atoms with Crippen LogP contribution in [0.4, 0.5) is 0 Å². The van der Waals surface area contributed by atoms with Crippen LogP contribution in [0.25, 0.3) is 0 Å². The highest BCUT2D eigenvalue weighted by atomic mass is 35.5. The average Bonchev–Trinajstić information content (AvgIpc) is 2.93. The molecule has 0 fully saturated rings. The lowest BCUT2D eigenvalue weighted by Gasteiger charge is -2.13. The van der Waals surface area contributed by atoms with Crippen molar-refractivity contribution >= 4 is 22.9 Å². The van der Waals surface area contributed by atoms with Crippen LogP contribution in [0.2, 0.25) is 5.02 Å². The molecule has 3 rings (SSSR count). The first-order valence-corrected chi connectivity index (χ1v) is 7.54. The smallest absolute Gasteiger partial charge is 0.0408 e. The van der Waals surface area contributed by atoms with Crippen molar-refractivity contribution in [2.24, 2.45) is 0 Å². The summed E-state index contributed by atoms with van der Waals surface area (Å²) in [7, 11) is 0. The summed E-state index contributed by atoms with van der Waals surface area (Å²) in [5, 5.41) is 6.68. The lowest BCUT2D eigenvalue weighted by Crippen LogP contribution is -2.18. The minimum atomic E-state index is 0.485. The van der Waals surface area contributed by atoms with E-state index in [1.165, 1.54) is 28.0 Å². The molecule has 0 saturated heterocycles. The zero-order valence-electron chi connectivity index (χ0n) is 10.4. The molecule has 1 N–H and O–H groups in total. The maximum Gasteiger partial charge on any atom is 0.0408 e. The molecule has 1 aromatic carbocycles. The summed E-state index contributed by atoms with van der Waals surface area (Å²) in [4.78, 5) is 1.44. The molecule has 1 heterocycles. The van der Waals surface area contributed by atoms with E-state index >= 15 is 0 Å². The normalized spacial score (nSPS) is 18.0. The van der Waals surface area contributed by atoms with Gasteiger partial charge in [0.05, 0.1) is 0 Å². The lowest BCUT2D eigenvalue weighted by atomic mass is 10.1. The third kappa shape index (κ3) is 2.33. The summed E-state index contributed by atoms with van der Waals surface area (Å²) in [6, 6.07) is 8.94. The molecular formula is C15H16ClNS. The molecule has 0 amide bonds. The van der Waals surface area contributed by atoms with Crippen molar-refractivity contribution in [3.8, 4) is 0 Å². The van der Waals surface area contributed by atoms with Crippen LogP contribution in [0, 0.1) is 6.92 Å². The molecule has 0 radical (unpaired) electrons. The van der Waals surface area contributed by atoms with Gasteiger partial charge in [0.1, 0.15) is 0 Å². The molecule has 1 aliphatic carbocycles. The van der Waals surface area contributed by atoms with Crippen molar-refractivity contribution in [3.63, 3.8) is 0 Å². The highest BCUT2D eigenvalue weighted by Gasteiger charge is 2.22. The number of fused-ring (bicyclic) bond motifs is 1. The first-order chi connectivity index (χ1) is 8.74. The Kier molecular flexibility index (Phi) is 3.42. The van der Waals surface area contributed by atoms with Gasteiger partial charge in [-0.05, 0) is 60.0 Å². The Morgan fingerprint density at radius 2 is 2.28 bits per heavy atom. The predicted molar refractivity (Wildman–Crippen MR) is 78.4 cm³/mol. The van der Waals surface area contributed by atoms with Crippen LogP contribution < -0.4 is 5.32 Å². The quantitative estimate of drug-likeness (QED) is 0.872. The van der Waals surface area contributed by atoms with Gasteiger partial charge in [-0.3, -0.25) is 0 Å². The Morgan fingerprint density at radius 1 is 1.39 bits per heavy atom. The molecule has 1 atom stereocenters. The second kappa shape index (κ2) is 5.04. The van der Waals surface area contributed by atoms with Crippen LogP contribution >= 0.6 is 22.9 Å². The molecule has 1 nitrogen and oxygen atoms in total. The third-order valence-corrected chi connectivity index (χ3v) is 4.92. The minimum Gasteiger partial charge on any atom is -0.305 e. The van der Waals surface area contributed by atoms with Crippen molar-refractivity contribution in [2.75, 3.05) is 0 Å². The van der Waals surface area contributed by atoms with Crippen molar-refractivity contribution in [1.29, 1.82) is 0 Å². The van der Waals surface area contributed by atoms with Gasteiger partial charge in [0.15, 0.2) is 0 Å². The van der Waals surface area contributed by atoms with Gasteiger partial charge in [0.2, 0.25) is 0 Å². The van der Waals surface area contributed by atoms with Crippen molar-refractivity contribution < 1.29 is 0 Å². The van der Waals surface area contributed by atoms with Gasteiger partial charge in [-0.25, -0.2) is 0 Å². The van der Waals surface area contributed by atoms with E-state index in [2.05, 4.69) is 35.8 Å². The first-order valence-electron chi connectivity index (χ1n) is 6.29. The maximum absolute atomic E-state index is 6.03. The van der Waals surface area contributed by atoms with Crippen molar-refractivity contribution in [1.82, 2.24) is 5.32 Å². The molecule has 1 aromatic heterocycles. The Morgan fingerprint density at radius 3 is 3.06 bits per heavy atom. The summed E-state index contributed by atoms with van der Waals surface area (Å²) in [5.74, 6) is 0. The Hall–Kier alpha value is -0.830. The van der Waals surface area contributed by atoms with Crippen LogP contribution in [-0.2, 0) is 13.0 Å². The standard InChI is InChI=1S/C15H16ClNS/c1-10-6-7-18-15(10)9-17-14-5-2-11-8-12(16)3-4-13(11)14/h3-4,6-8,14,17H,2,5,9H2,1H3. The molecule has 2 aromatic rings. The molecule has 18 heavy (non-hydrogen) atoms. The zero-order chi connectivity index (χ0) is 12.5. The third-order valence-electron chi connectivity index (χ3n) is 3.66. The average molecular weight is 278 g/mol. The number of benzene rings is 1. The molecule has 0 saturated carbocycles. The summed E-state index contributed by atoms with van der Waals surface area (Å²) < 4.78 is 0. The van der Waals surface area contributed by atoms with E-state index in [4.69, 9.17) is 11.6 Å². The number of thiophene rings is 1. The first kappa shape index (κ1) is 12.2. The Balaban J connectivity index is 1.71. The van der Waals surface area contributed by atoms with Crippen LogP contribution in [-0.4, -0.2) is 0 Å². The van der Waals surface area contributed by atoms with E-state index in [9.17, 15) is 0 Å². The van der Waals surface area contributed by atoms with Crippen LogP contribution in [0.5, 0.6) is 0 Å². The molecular weight excluding hydrogens is 262 g/mol. The fraction of sp³-hybridized carbons (Fsp3) is 0.333. The summed E-state index contributed by atoms with van der Waals surface area (Å²) in [6.45, 7) is 3.14. The van der Waals surface area contributed by atoms with E-state index in [0.717, 1.165) is 18.0 Å². The van der Waals surface area contributed by atoms with Crippen LogP contribution in [0.3, 0.4) is 0 Å². The number of hydrogen-bond donors (Lipinski definition) is 1. The fourth-order valence-corrected chi connectivity index (χ4v) is 3.65. The number of rotatable bonds is 3. The second-order valence-corrected chi connectivity index (χ2v) is 6.28. The van der Waals surface area contributed by atoms with Gasteiger partial charge in [0.25, 0.3) is 0 Å². The molecule has 0 bridgehead atoms. The van der Waals surface area contributed by atoms with Crippen LogP contribution in [0.1, 0.15) is 34.0 Å². The van der Waals surface area contributed by atoms with Gasteiger partial charge in [0, 0.05) is 22.5 Å². The van der Waals surface area contributed by atoms with E-state index in [1.54, 1.807) is 0 Å². The Bertz CT molecular complexity index is 561. The van der Waals surface area contributed by atoms with E-state index in [1.807, 2.05) is 17.4 Å². The molecule has 3 heteroatoms. The van der Waals surface area contributed by atoms with Gasteiger partial charge >= 0.3 is 0 Å². The number of nitrogens with one attached hydrogen (secondary N) is 1. The summed E-state index contributed by atoms with van der Waals surface area (Å²) in [6.07, 6.45) is 2.32. The molecule has 1 unspecified atom stereocenters. The monoisotopic (exact) mass is 277 g/mol. The number of aryl methyl sites for hydroxylation is 2. The van der Waals surface area contributed by atoms with Crippen molar-refractivity contribution in [2.45, 2.75) is 32.4 Å². The van der Waals surface area contributed by atoms with Gasteiger partial charge in [-0.1, -0.05) is 17.7 Å². The molecule has 94 valence electrons. The molecule has 0 aliphatic heterocycles. The lowest BCUT2D eigenvalue weighted by molar-refractivity contribution is 0.532. The highest BCUT2D eigenvalue weighted by Crippen LogP contribution is 2.33. The van der Waals surface area contributed by atoms with Gasteiger partial charge < -0.3 is 5.32 Å². The van der Waals surface area contributed by atoms with E-state index in [-0.39, 0.29) is 0 Å². The molecule has 0 spiro atoms. The SMILES string of the molecule is Cc1ccsc1CNC1CCc2cc(Cl)ccc21. The largest absolute Gasteiger partial charge is 0.305 e. The summed E-state index contributed by atoms with van der Waals surface area (Å²) >= 11 is 7.86. The fourth-order valence-electron chi connectivity index (χ4n) is 2.60. The number of halogens is 1. The predicted octanol–water partition coefficient (Wildman–Crippen LogP) is 4.49. The second-order valence-electron chi connectivity index (χ2n) is 4.84. The Labute approximate surface area is 117 Å². The van der Waals surface area contributed by atoms with Gasteiger partial charge in [-0.2, -0.15) is 0 Å². The van der Waals surface area contributed by atoms with Gasteiger partial charge in [-0.15, -0.1) is 11.3 Å². The zero-order valence-corrected chi connectivity index (χ0v) is 11.9. The van der Waals surface area contributed by atoms with E-state index < -0.39 is 0 Å². The molecule has 1 aliphatic rings. The van der Waals surface area contributed by atoms with E-state index in [0.29, 0.717) is 6.04 Å². The highest BCUT2D eigenvalue weighted by molar-refractivity contribution is 7.10. The number of hydrogen-bond acceptors (Lipinski definition) is 2. The van der Waals surface area contributed by atoms with Crippen molar-refractivity contribution in [3.05, 3.63) is 56.2 Å². The summed E-state index contributed by atoms with van der Waals surface area (Å²) in [5.41, 5.74) is 4.22.